The normalized spacial score (nSPS) is 10.7. The first-order valence-electron chi connectivity index (χ1n) is 9.60. The number of benzene rings is 1. The molecule has 0 atom stereocenters. The maximum Gasteiger partial charge on any atom is 0.305 e. The number of rotatable bonds is 12. The predicted octanol–water partition coefficient (Wildman–Crippen LogP) is 5.40. The van der Waals surface area contributed by atoms with E-state index in [1.807, 2.05) is 0 Å². The van der Waals surface area contributed by atoms with Crippen LogP contribution in [0.2, 0.25) is 0 Å². The Morgan fingerprint density at radius 1 is 0.885 bits per heavy atom. The van der Waals surface area contributed by atoms with E-state index >= 15 is 0 Å². The fourth-order valence-corrected chi connectivity index (χ4v) is 2.72. The average Bonchev–Trinajstić information content (AvgIpc) is 2.62. The average molecular weight is 387 g/mol. The molecule has 1 rings (SSSR count). The molecule has 0 aliphatic carbocycles. The maximum atomic E-state index is 11.2. The van der Waals surface area contributed by atoms with Crippen LogP contribution in [-0.4, -0.2) is 25.5 Å². The fraction of sp³-hybridized carbons (Fsp3) is 0.650. The van der Waals surface area contributed by atoms with E-state index in [9.17, 15) is 13.2 Å². The van der Waals surface area contributed by atoms with E-state index in [0.29, 0.717) is 13.0 Å². The van der Waals surface area contributed by atoms with Gasteiger partial charge in [-0.15, -0.1) is 0 Å². The molecule has 0 heterocycles. The number of carbonyl (C=O) groups is 1. The van der Waals surface area contributed by atoms with Crippen molar-refractivity contribution >= 4 is 16.1 Å². The zero-order chi connectivity index (χ0) is 19.7. The van der Waals surface area contributed by atoms with Crippen LogP contribution < -0.4 is 0 Å². The highest BCUT2D eigenvalue weighted by Gasteiger charge is 2.05. The van der Waals surface area contributed by atoms with Crippen LogP contribution in [0.3, 0.4) is 0 Å². The third-order valence-corrected chi connectivity index (χ3v) is 4.65. The van der Waals surface area contributed by atoms with Gasteiger partial charge in [0.25, 0.3) is 10.1 Å². The number of esters is 1. The van der Waals surface area contributed by atoms with E-state index in [-0.39, 0.29) is 10.9 Å². The van der Waals surface area contributed by atoms with Gasteiger partial charge in [0, 0.05) is 6.42 Å². The minimum absolute atomic E-state index is 0.0120. The van der Waals surface area contributed by atoms with Crippen molar-refractivity contribution in [1.29, 1.82) is 0 Å². The summed E-state index contributed by atoms with van der Waals surface area (Å²) < 4.78 is 34.3. The van der Waals surface area contributed by atoms with E-state index in [4.69, 9.17) is 9.29 Å². The van der Waals surface area contributed by atoms with Crippen LogP contribution in [0.5, 0.6) is 0 Å². The summed E-state index contributed by atoms with van der Waals surface area (Å²) in [6.07, 6.45) is 11.4. The lowest BCUT2D eigenvalue weighted by Crippen LogP contribution is -2.05. The number of hydrogen-bond acceptors (Lipinski definition) is 4. The van der Waals surface area contributed by atoms with Crippen molar-refractivity contribution in [2.75, 3.05) is 6.61 Å². The second-order valence-electron chi connectivity index (χ2n) is 6.23. The maximum absolute atomic E-state index is 11.2. The van der Waals surface area contributed by atoms with Crippen LogP contribution in [0.15, 0.2) is 35.2 Å². The molecule has 0 aliphatic heterocycles. The zero-order valence-corrected chi connectivity index (χ0v) is 17.0. The highest BCUT2D eigenvalue weighted by atomic mass is 32.2. The van der Waals surface area contributed by atoms with Gasteiger partial charge in [0.05, 0.1) is 11.5 Å². The Bertz CT molecular complexity index is 555. The van der Waals surface area contributed by atoms with Gasteiger partial charge in [0.1, 0.15) is 0 Å². The Balaban J connectivity index is 0.000000531. The van der Waals surface area contributed by atoms with E-state index in [1.54, 1.807) is 18.2 Å². The minimum Gasteiger partial charge on any atom is -0.466 e. The van der Waals surface area contributed by atoms with Crippen molar-refractivity contribution < 1.29 is 22.5 Å². The SMILES string of the molecule is CCCCCCCCCC(=O)OCCCC.O=S(=O)(O)c1ccccc1. The van der Waals surface area contributed by atoms with Gasteiger partial charge in [0.15, 0.2) is 0 Å². The highest BCUT2D eigenvalue weighted by Crippen LogP contribution is 2.09. The van der Waals surface area contributed by atoms with Crippen molar-refractivity contribution in [3.8, 4) is 0 Å². The quantitative estimate of drug-likeness (QED) is 0.295. The summed E-state index contributed by atoms with van der Waals surface area (Å²) in [7, 11) is -4.00. The van der Waals surface area contributed by atoms with Gasteiger partial charge in [-0.05, 0) is 25.0 Å². The first kappa shape index (κ1) is 24.6. The molecule has 150 valence electrons. The van der Waals surface area contributed by atoms with Gasteiger partial charge in [-0.25, -0.2) is 0 Å². The second kappa shape index (κ2) is 15.8. The first-order valence-corrected chi connectivity index (χ1v) is 11.0. The van der Waals surface area contributed by atoms with Crippen LogP contribution in [0.4, 0.5) is 0 Å². The van der Waals surface area contributed by atoms with Crippen LogP contribution >= 0.6 is 0 Å². The number of ether oxygens (including phenoxy) is 1. The molecule has 0 amide bonds. The number of carbonyl (C=O) groups excluding carboxylic acids is 1. The molecular formula is C20H34O5S. The fourth-order valence-electron chi connectivity index (χ4n) is 2.22. The molecule has 26 heavy (non-hydrogen) atoms. The summed E-state index contributed by atoms with van der Waals surface area (Å²) in [5.41, 5.74) is 0. The molecule has 1 N–H and O–H groups in total. The number of unbranched alkanes of at least 4 members (excludes halogenated alkanes) is 7. The van der Waals surface area contributed by atoms with Crippen LogP contribution in [0.25, 0.3) is 0 Å². The molecular weight excluding hydrogens is 352 g/mol. The van der Waals surface area contributed by atoms with Gasteiger partial charge >= 0.3 is 5.97 Å². The minimum atomic E-state index is -4.00. The molecule has 0 radical (unpaired) electrons. The van der Waals surface area contributed by atoms with E-state index < -0.39 is 10.1 Å². The van der Waals surface area contributed by atoms with Crippen LogP contribution in [0, 0.1) is 0 Å². The topological polar surface area (TPSA) is 80.7 Å². The Morgan fingerprint density at radius 2 is 1.42 bits per heavy atom. The molecule has 1 aromatic carbocycles. The summed E-state index contributed by atoms with van der Waals surface area (Å²) in [6.45, 7) is 4.93. The van der Waals surface area contributed by atoms with Crippen molar-refractivity contribution in [1.82, 2.24) is 0 Å². The lowest BCUT2D eigenvalue weighted by molar-refractivity contribution is -0.143. The third kappa shape index (κ3) is 14.9. The molecule has 0 saturated heterocycles. The first-order chi connectivity index (χ1) is 12.4. The van der Waals surface area contributed by atoms with E-state index in [0.717, 1.165) is 19.3 Å². The summed E-state index contributed by atoms with van der Waals surface area (Å²) in [5, 5.41) is 0. The summed E-state index contributed by atoms with van der Waals surface area (Å²) in [5.74, 6) is -0.0120. The Kier molecular flexibility index (Phi) is 15.0. The molecule has 0 saturated carbocycles. The molecule has 0 spiro atoms. The van der Waals surface area contributed by atoms with Crippen molar-refractivity contribution in [2.45, 2.75) is 83.0 Å². The Hall–Kier alpha value is -1.40. The monoisotopic (exact) mass is 386 g/mol. The smallest absolute Gasteiger partial charge is 0.305 e. The lowest BCUT2D eigenvalue weighted by Gasteiger charge is -2.03. The van der Waals surface area contributed by atoms with E-state index in [2.05, 4.69) is 13.8 Å². The molecule has 0 aliphatic rings. The van der Waals surface area contributed by atoms with E-state index in [1.165, 1.54) is 50.7 Å². The van der Waals surface area contributed by atoms with Gasteiger partial charge in [0.2, 0.25) is 0 Å². The van der Waals surface area contributed by atoms with Gasteiger partial charge in [-0.1, -0.05) is 77.0 Å². The molecule has 0 unspecified atom stereocenters. The molecule has 0 fully saturated rings. The van der Waals surface area contributed by atoms with Gasteiger partial charge < -0.3 is 4.74 Å². The molecule has 5 nitrogen and oxygen atoms in total. The molecule has 0 bridgehead atoms. The number of hydrogen-bond donors (Lipinski definition) is 1. The van der Waals surface area contributed by atoms with Crippen molar-refractivity contribution in [3.63, 3.8) is 0 Å². The van der Waals surface area contributed by atoms with Crippen molar-refractivity contribution in [2.24, 2.45) is 0 Å². The van der Waals surface area contributed by atoms with Crippen LogP contribution in [-0.2, 0) is 19.6 Å². The summed E-state index contributed by atoms with van der Waals surface area (Å²) in [4.78, 5) is 11.2. The molecule has 6 heteroatoms. The Labute approximate surface area is 158 Å². The van der Waals surface area contributed by atoms with Crippen molar-refractivity contribution in [3.05, 3.63) is 30.3 Å². The largest absolute Gasteiger partial charge is 0.466 e. The van der Waals surface area contributed by atoms with Gasteiger partial charge in [-0.2, -0.15) is 8.42 Å². The summed E-state index contributed by atoms with van der Waals surface area (Å²) >= 11 is 0. The standard InChI is InChI=1S/C14H28O2.C6H6O3S/c1-3-5-7-8-9-10-11-12-14(15)16-13-6-4-2;7-10(8,9)6-4-2-1-3-5-6/h3-13H2,1-2H3;1-5H,(H,7,8,9). The molecule has 1 aromatic rings. The molecule has 0 aromatic heterocycles. The highest BCUT2D eigenvalue weighted by molar-refractivity contribution is 7.85. The van der Waals surface area contributed by atoms with Crippen LogP contribution in [0.1, 0.15) is 78.1 Å². The summed E-state index contributed by atoms with van der Waals surface area (Å²) in [6, 6.07) is 7.42. The third-order valence-electron chi connectivity index (χ3n) is 3.79. The second-order valence-corrected chi connectivity index (χ2v) is 7.65. The lowest BCUT2D eigenvalue weighted by atomic mass is 10.1. The predicted molar refractivity (Wildman–Crippen MR) is 105 cm³/mol. The van der Waals surface area contributed by atoms with Gasteiger partial charge in [-0.3, -0.25) is 9.35 Å². The Morgan fingerprint density at radius 3 is 1.92 bits per heavy atom. The zero-order valence-electron chi connectivity index (χ0n) is 16.2.